The lowest BCUT2D eigenvalue weighted by molar-refractivity contribution is 0.165. The van der Waals surface area contributed by atoms with Gasteiger partial charge in [-0.1, -0.05) is 0 Å². The van der Waals surface area contributed by atoms with Crippen LogP contribution in [0.4, 0.5) is 0 Å². The summed E-state index contributed by atoms with van der Waals surface area (Å²) in [5, 5.41) is 9.87. The molecule has 0 aromatic carbocycles. The first-order valence-electron chi connectivity index (χ1n) is 6.54. The molecule has 0 aliphatic heterocycles. The standard InChI is InChI=1S/C13H23N3O3/c1-8(2)15(9(3)4)6-7-16-12(18)10(5)11(17)14-13(16)19/h8-9,18H,6-7H2,1-5H3,(H,14,17,19). The second-order valence-corrected chi connectivity index (χ2v) is 5.28. The van der Waals surface area contributed by atoms with Crippen LogP contribution in [0, 0.1) is 6.92 Å². The fourth-order valence-corrected chi connectivity index (χ4v) is 2.19. The summed E-state index contributed by atoms with van der Waals surface area (Å²) in [5.41, 5.74) is -0.941. The first-order chi connectivity index (χ1) is 8.75. The fourth-order valence-electron chi connectivity index (χ4n) is 2.19. The topological polar surface area (TPSA) is 78.3 Å². The molecule has 0 fully saturated rings. The second-order valence-electron chi connectivity index (χ2n) is 5.28. The maximum atomic E-state index is 11.7. The van der Waals surface area contributed by atoms with E-state index < -0.39 is 11.2 Å². The third-order valence-electron chi connectivity index (χ3n) is 3.31. The molecule has 0 radical (unpaired) electrons. The van der Waals surface area contributed by atoms with Gasteiger partial charge in [0.15, 0.2) is 0 Å². The summed E-state index contributed by atoms with van der Waals surface area (Å²) in [5.74, 6) is -0.249. The molecule has 0 atom stereocenters. The van der Waals surface area contributed by atoms with E-state index in [1.807, 2.05) is 0 Å². The van der Waals surface area contributed by atoms with Gasteiger partial charge < -0.3 is 5.11 Å². The van der Waals surface area contributed by atoms with E-state index in [9.17, 15) is 14.7 Å². The van der Waals surface area contributed by atoms with Crippen molar-refractivity contribution in [2.75, 3.05) is 6.54 Å². The van der Waals surface area contributed by atoms with E-state index in [2.05, 4.69) is 37.6 Å². The molecule has 2 N–H and O–H groups in total. The Labute approximate surface area is 112 Å². The van der Waals surface area contributed by atoms with E-state index in [0.717, 1.165) is 0 Å². The van der Waals surface area contributed by atoms with Crippen molar-refractivity contribution in [3.8, 4) is 5.88 Å². The minimum absolute atomic E-state index is 0.167. The van der Waals surface area contributed by atoms with Gasteiger partial charge in [0.1, 0.15) is 0 Å². The molecule has 1 rings (SSSR count). The Balaban J connectivity index is 2.98. The SMILES string of the molecule is Cc1c(O)n(CCN(C(C)C)C(C)C)c(=O)[nH]c1=O. The molecule has 0 saturated heterocycles. The van der Waals surface area contributed by atoms with Gasteiger partial charge in [-0.05, 0) is 34.6 Å². The fraction of sp³-hybridized carbons (Fsp3) is 0.692. The van der Waals surface area contributed by atoms with Crippen LogP contribution < -0.4 is 11.2 Å². The third-order valence-corrected chi connectivity index (χ3v) is 3.31. The van der Waals surface area contributed by atoms with Crippen LogP contribution in [0.3, 0.4) is 0 Å². The quantitative estimate of drug-likeness (QED) is 0.823. The first-order valence-corrected chi connectivity index (χ1v) is 6.54. The molecule has 0 saturated carbocycles. The molecule has 19 heavy (non-hydrogen) atoms. The highest BCUT2D eigenvalue weighted by Gasteiger charge is 2.15. The number of aromatic amines is 1. The highest BCUT2D eigenvalue weighted by atomic mass is 16.3. The predicted molar refractivity (Wildman–Crippen MR) is 74.7 cm³/mol. The summed E-state index contributed by atoms with van der Waals surface area (Å²) in [7, 11) is 0. The molecule has 1 aromatic heterocycles. The smallest absolute Gasteiger partial charge is 0.331 e. The van der Waals surface area contributed by atoms with Crippen LogP contribution in [0.25, 0.3) is 0 Å². The van der Waals surface area contributed by atoms with Crippen LogP contribution in [0.1, 0.15) is 33.3 Å². The number of aromatic nitrogens is 2. The molecule has 1 heterocycles. The zero-order valence-corrected chi connectivity index (χ0v) is 12.2. The van der Waals surface area contributed by atoms with Crippen LogP contribution in [0.2, 0.25) is 0 Å². The minimum atomic E-state index is -0.569. The van der Waals surface area contributed by atoms with Crippen molar-refractivity contribution in [1.29, 1.82) is 0 Å². The van der Waals surface area contributed by atoms with Gasteiger partial charge in [0, 0.05) is 25.2 Å². The highest BCUT2D eigenvalue weighted by Crippen LogP contribution is 2.10. The van der Waals surface area contributed by atoms with E-state index in [-0.39, 0.29) is 11.4 Å². The second kappa shape index (κ2) is 6.06. The zero-order chi connectivity index (χ0) is 14.7. The number of H-pyrrole nitrogens is 1. The van der Waals surface area contributed by atoms with E-state index in [4.69, 9.17) is 0 Å². The summed E-state index contributed by atoms with van der Waals surface area (Å²) in [4.78, 5) is 27.4. The molecular formula is C13H23N3O3. The van der Waals surface area contributed by atoms with Crippen molar-refractivity contribution in [3.05, 3.63) is 26.4 Å². The maximum absolute atomic E-state index is 11.7. The third kappa shape index (κ3) is 3.47. The maximum Gasteiger partial charge on any atom is 0.331 e. The number of nitrogens with one attached hydrogen (secondary N) is 1. The zero-order valence-electron chi connectivity index (χ0n) is 12.2. The van der Waals surface area contributed by atoms with Crippen molar-refractivity contribution in [3.63, 3.8) is 0 Å². The Morgan fingerprint density at radius 3 is 2.21 bits per heavy atom. The van der Waals surface area contributed by atoms with E-state index in [1.54, 1.807) is 0 Å². The molecule has 0 unspecified atom stereocenters. The lowest BCUT2D eigenvalue weighted by atomic mass is 10.2. The van der Waals surface area contributed by atoms with Crippen molar-refractivity contribution in [2.45, 2.75) is 53.2 Å². The summed E-state index contributed by atoms with van der Waals surface area (Å²) < 4.78 is 1.20. The predicted octanol–water partition coefficient (Wildman–Crippen LogP) is 0.669. The number of aromatic hydroxyl groups is 1. The Morgan fingerprint density at radius 1 is 1.21 bits per heavy atom. The van der Waals surface area contributed by atoms with Gasteiger partial charge in [-0.3, -0.25) is 19.2 Å². The summed E-state index contributed by atoms with van der Waals surface area (Å²) in [6.45, 7) is 10.8. The van der Waals surface area contributed by atoms with Gasteiger partial charge in [0.05, 0.1) is 5.56 Å². The Morgan fingerprint density at radius 2 is 1.74 bits per heavy atom. The minimum Gasteiger partial charge on any atom is -0.494 e. The molecular weight excluding hydrogens is 246 g/mol. The van der Waals surface area contributed by atoms with E-state index in [0.29, 0.717) is 25.2 Å². The van der Waals surface area contributed by atoms with Crippen LogP contribution in [0.5, 0.6) is 5.88 Å². The van der Waals surface area contributed by atoms with Gasteiger partial charge in [0.25, 0.3) is 5.56 Å². The summed E-state index contributed by atoms with van der Waals surface area (Å²) in [6, 6.07) is 0.698. The summed E-state index contributed by atoms with van der Waals surface area (Å²) >= 11 is 0. The largest absolute Gasteiger partial charge is 0.494 e. The Hall–Kier alpha value is -1.56. The molecule has 0 aliphatic carbocycles. The molecule has 108 valence electrons. The summed E-state index contributed by atoms with van der Waals surface area (Å²) in [6.07, 6.45) is 0. The molecule has 6 heteroatoms. The number of rotatable bonds is 5. The van der Waals surface area contributed by atoms with Crippen molar-refractivity contribution in [1.82, 2.24) is 14.5 Å². The Kier molecular flexibility index (Phi) is 4.94. The number of hydrogen-bond acceptors (Lipinski definition) is 4. The number of nitrogens with zero attached hydrogens (tertiary/aromatic N) is 2. The molecule has 0 aliphatic rings. The lowest BCUT2D eigenvalue weighted by Gasteiger charge is -2.30. The van der Waals surface area contributed by atoms with Gasteiger partial charge in [0.2, 0.25) is 5.88 Å². The van der Waals surface area contributed by atoms with Crippen LogP contribution in [0.15, 0.2) is 9.59 Å². The van der Waals surface area contributed by atoms with Crippen LogP contribution >= 0.6 is 0 Å². The van der Waals surface area contributed by atoms with Crippen molar-refractivity contribution in [2.24, 2.45) is 0 Å². The van der Waals surface area contributed by atoms with Crippen LogP contribution in [-0.2, 0) is 6.54 Å². The van der Waals surface area contributed by atoms with Gasteiger partial charge >= 0.3 is 5.69 Å². The van der Waals surface area contributed by atoms with Crippen molar-refractivity contribution < 1.29 is 5.11 Å². The van der Waals surface area contributed by atoms with Gasteiger partial charge in [-0.25, -0.2) is 4.79 Å². The van der Waals surface area contributed by atoms with Crippen LogP contribution in [-0.4, -0.2) is 38.2 Å². The highest BCUT2D eigenvalue weighted by molar-refractivity contribution is 5.20. The first kappa shape index (κ1) is 15.5. The monoisotopic (exact) mass is 269 g/mol. The average molecular weight is 269 g/mol. The number of hydrogen-bond donors (Lipinski definition) is 2. The van der Waals surface area contributed by atoms with E-state index in [1.165, 1.54) is 11.5 Å². The molecule has 0 spiro atoms. The van der Waals surface area contributed by atoms with Crippen molar-refractivity contribution >= 4 is 0 Å². The Bertz CT molecular complexity index is 535. The normalized spacial score (nSPS) is 11.8. The molecule has 1 aromatic rings. The molecule has 6 nitrogen and oxygen atoms in total. The van der Waals surface area contributed by atoms with Gasteiger partial charge in [-0.15, -0.1) is 0 Å². The van der Waals surface area contributed by atoms with Gasteiger partial charge in [-0.2, -0.15) is 0 Å². The molecule has 0 amide bonds. The lowest BCUT2D eigenvalue weighted by Crippen LogP contribution is -2.41. The average Bonchev–Trinajstić information content (AvgIpc) is 2.29. The van der Waals surface area contributed by atoms with E-state index >= 15 is 0 Å². The molecule has 0 bridgehead atoms.